The first-order valence-corrected chi connectivity index (χ1v) is 6.00. The molecule has 1 saturated heterocycles. The fourth-order valence-corrected chi connectivity index (χ4v) is 2.11. The minimum absolute atomic E-state index is 0.0458. The predicted molar refractivity (Wildman–Crippen MR) is 67.2 cm³/mol. The van der Waals surface area contributed by atoms with Gasteiger partial charge >= 0.3 is 0 Å². The van der Waals surface area contributed by atoms with E-state index in [1.165, 1.54) is 12.1 Å². The molecule has 2 atom stereocenters. The van der Waals surface area contributed by atoms with Gasteiger partial charge < -0.3 is 15.4 Å². The van der Waals surface area contributed by atoms with E-state index in [0.29, 0.717) is 18.7 Å². The Morgan fingerprint density at radius 1 is 1.61 bits per heavy atom. The normalized spacial score (nSPS) is 23.1. The Kier molecular flexibility index (Phi) is 4.16. The maximum Gasteiger partial charge on any atom is 0.241 e. The van der Waals surface area contributed by atoms with Crippen LogP contribution in [0.25, 0.3) is 0 Å². The van der Waals surface area contributed by atoms with E-state index in [9.17, 15) is 9.18 Å². The average molecular weight is 273 g/mol. The van der Waals surface area contributed by atoms with Crippen molar-refractivity contribution in [2.45, 2.75) is 18.6 Å². The first-order valence-electron chi connectivity index (χ1n) is 5.62. The van der Waals surface area contributed by atoms with Crippen LogP contribution in [0.4, 0.5) is 10.1 Å². The number of carbonyl (C=O) groups excluding carboxylic acids is 1. The van der Waals surface area contributed by atoms with Crippen molar-refractivity contribution < 1.29 is 13.9 Å². The highest BCUT2D eigenvalue weighted by molar-refractivity contribution is 6.33. The Morgan fingerprint density at radius 3 is 3.00 bits per heavy atom. The van der Waals surface area contributed by atoms with Crippen molar-refractivity contribution >= 4 is 23.2 Å². The highest BCUT2D eigenvalue weighted by atomic mass is 35.5. The molecule has 1 aliphatic rings. The number of benzene rings is 1. The third-order valence-electron chi connectivity index (χ3n) is 2.93. The molecule has 0 aliphatic carbocycles. The van der Waals surface area contributed by atoms with Crippen molar-refractivity contribution in [3.8, 4) is 0 Å². The van der Waals surface area contributed by atoms with Gasteiger partial charge in [0, 0.05) is 13.7 Å². The number of methoxy groups -OCH3 is 1. The van der Waals surface area contributed by atoms with Crippen LogP contribution in [0.1, 0.15) is 6.42 Å². The highest BCUT2D eigenvalue weighted by Crippen LogP contribution is 2.23. The van der Waals surface area contributed by atoms with E-state index < -0.39 is 5.82 Å². The summed E-state index contributed by atoms with van der Waals surface area (Å²) in [5.41, 5.74) is 0.408. The van der Waals surface area contributed by atoms with Crippen molar-refractivity contribution in [1.82, 2.24) is 5.32 Å². The van der Waals surface area contributed by atoms with Crippen LogP contribution in [-0.2, 0) is 9.53 Å². The highest BCUT2D eigenvalue weighted by Gasteiger charge is 2.29. The van der Waals surface area contributed by atoms with E-state index in [-0.39, 0.29) is 23.1 Å². The van der Waals surface area contributed by atoms with Crippen LogP contribution < -0.4 is 10.6 Å². The van der Waals surface area contributed by atoms with Gasteiger partial charge in [0.05, 0.1) is 22.9 Å². The molecule has 0 bridgehead atoms. The third-order valence-corrected chi connectivity index (χ3v) is 3.24. The molecular weight excluding hydrogens is 259 g/mol. The summed E-state index contributed by atoms with van der Waals surface area (Å²) in [5.74, 6) is -0.625. The van der Waals surface area contributed by atoms with Crippen LogP contribution in [0.15, 0.2) is 18.2 Å². The van der Waals surface area contributed by atoms with Crippen molar-refractivity contribution in [2.75, 3.05) is 19.0 Å². The molecule has 1 amide bonds. The smallest absolute Gasteiger partial charge is 0.241 e. The zero-order valence-electron chi connectivity index (χ0n) is 9.87. The standard InChI is InChI=1S/C12H14ClFN2O2/c1-18-8-5-11(15-6-8)12(17)16-10-3-2-7(14)4-9(10)13/h2-4,8,11,15H,5-6H2,1H3,(H,16,17). The number of hydrogen-bond donors (Lipinski definition) is 2. The van der Waals surface area contributed by atoms with E-state index in [1.807, 2.05) is 0 Å². The minimum atomic E-state index is -0.434. The second-order valence-corrected chi connectivity index (χ2v) is 4.57. The van der Waals surface area contributed by atoms with Crippen molar-refractivity contribution in [3.63, 3.8) is 0 Å². The minimum Gasteiger partial charge on any atom is -0.380 e. The quantitative estimate of drug-likeness (QED) is 0.882. The number of anilines is 1. The SMILES string of the molecule is COC1CNC(C(=O)Nc2ccc(F)cc2Cl)C1. The van der Waals surface area contributed by atoms with Crippen LogP contribution in [0.5, 0.6) is 0 Å². The zero-order chi connectivity index (χ0) is 13.1. The molecule has 4 nitrogen and oxygen atoms in total. The van der Waals surface area contributed by atoms with E-state index in [4.69, 9.17) is 16.3 Å². The van der Waals surface area contributed by atoms with Gasteiger partial charge in [0.2, 0.25) is 5.91 Å². The summed E-state index contributed by atoms with van der Waals surface area (Å²) in [6.45, 7) is 0.645. The number of nitrogens with one attached hydrogen (secondary N) is 2. The number of ether oxygens (including phenoxy) is 1. The van der Waals surface area contributed by atoms with Crippen LogP contribution in [0, 0.1) is 5.82 Å². The molecular formula is C12H14ClFN2O2. The molecule has 1 aromatic rings. The van der Waals surface area contributed by atoms with Gasteiger partial charge in [0.15, 0.2) is 0 Å². The topological polar surface area (TPSA) is 50.4 Å². The Morgan fingerprint density at radius 2 is 2.39 bits per heavy atom. The summed E-state index contributed by atoms with van der Waals surface area (Å²) >= 11 is 5.84. The summed E-state index contributed by atoms with van der Waals surface area (Å²) in [6.07, 6.45) is 0.658. The summed E-state index contributed by atoms with van der Waals surface area (Å²) in [7, 11) is 1.61. The summed E-state index contributed by atoms with van der Waals surface area (Å²) in [4.78, 5) is 11.9. The Balaban J connectivity index is 1.99. The monoisotopic (exact) mass is 272 g/mol. The van der Waals surface area contributed by atoms with E-state index in [0.717, 1.165) is 6.07 Å². The average Bonchev–Trinajstić information content (AvgIpc) is 2.81. The van der Waals surface area contributed by atoms with Crippen LogP contribution in [-0.4, -0.2) is 31.7 Å². The molecule has 1 heterocycles. The van der Waals surface area contributed by atoms with Crippen LogP contribution >= 0.6 is 11.6 Å². The Hall–Kier alpha value is -1.17. The molecule has 0 aromatic heterocycles. The van der Waals surface area contributed by atoms with Crippen molar-refractivity contribution in [2.24, 2.45) is 0 Å². The van der Waals surface area contributed by atoms with Gasteiger partial charge in [0.1, 0.15) is 5.82 Å². The zero-order valence-corrected chi connectivity index (χ0v) is 10.6. The molecule has 2 N–H and O–H groups in total. The molecule has 0 radical (unpaired) electrons. The van der Waals surface area contributed by atoms with Gasteiger partial charge in [-0.05, 0) is 24.6 Å². The number of rotatable bonds is 3. The molecule has 0 saturated carbocycles. The molecule has 0 spiro atoms. The fourth-order valence-electron chi connectivity index (χ4n) is 1.89. The van der Waals surface area contributed by atoms with Gasteiger partial charge in [-0.15, -0.1) is 0 Å². The molecule has 6 heteroatoms. The lowest BCUT2D eigenvalue weighted by atomic mass is 10.2. The largest absolute Gasteiger partial charge is 0.380 e. The molecule has 18 heavy (non-hydrogen) atoms. The first-order chi connectivity index (χ1) is 8.60. The van der Waals surface area contributed by atoms with E-state index in [1.54, 1.807) is 7.11 Å². The van der Waals surface area contributed by atoms with Crippen molar-refractivity contribution in [3.05, 3.63) is 29.0 Å². The number of carbonyl (C=O) groups is 1. The van der Waals surface area contributed by atoms with E-state index >= 15 is 0 Å². The van der Waals surface area contributed by atoms with Gasteiger partial charge in [-0.1, -0.05) is 11.6 Å². The molecule has 1 aliphatic heterocycles. The fraction of sp³-hybridized carbons (Fsp3) is 0.417. The second kappa shape index (κ2) is 5.65. The summed E-state index contributed by atoms with van der Waals surface area (Å²) in [6, 6.07) is 3.55. The first kappa shape index (κ1) is 13.3. The lowest BCUT2D eigenvalue weighted by Gasteiger charge is -2.12. The molecule has 1 aromatic carbocycles. The van der Waals surface area contributed by atoms with Crippen LogP contribution in [0.2, 0.25) is 5.02 Å². The molecule has 2 unspecified atom stereocenters. The Bertz CT molecular complexity index is 456. The number of hydrogen-bond acceptors (Lipinski definition) is 3. The third kappa shape index (κ3) is 2.98. The molecule has 2 rings (SSSR count). The lowest BCUT2D eigenvalue weighted by molar-refractivity contribution is -0.118. The van der Waals surface area contributed by atoms with Crippen molar-refractivity contribution in [1.29, 1.82) is 0 Å². The lowest BCUT2D eigenvalue weighted by Crippen LogP contribution is -2.35. The molecule has 1 fully saturated rings. The molecule has 98 valence electrons. The summed E-state index contributed by atoms with van der Waals surface area (Å²) in [5, 5.41) is 5.91. The van der Waals surface area contributed by atoms with Crippen LogP contribution in [0.3, 0.4) is 0 Å². The second-order valence-electron chi connectivity index (χ2n) is 4.17. The number of amides is 1. The van der Waals surface area contributed by atoms with Gasteiger partial charge in [-0.3, -0.25) is 4.79 Å². The van der Waals surface area contributed by atoms with Gasteiger partial charge in [-0.25, -0.2) is 4.39 Å². The number of halogens is 2. The maximum atomic E-state index is 12.9. The van der Waals surface area contributed by atoms with Gasteiger partial charge in [0.25, 0.3) is 0 Å². The Labute approximate surface area is 109 Å². The maximum absolute atomic E-state index is 12.9. The summed E-state index contributed by atoms with van der Waals surface area (Å²) < 4.78 is 18.0. The van der Waals surface area contributed by atoms with Gasteiger partial charge in [-0.2, -0.15) is 0 Å². The van der Waals surface area contributed by atoms with E-state index in [2.05, 4.69) is 10.6 Å². The predicted octanol–water partition coefficient (Wildman–Crippen LogP) is 1.79.